The quantitative estimate of drug-likeness (QED) is 0.890. The largest absolute Gasteiger partial charge is 0.330 e. The minimum atomic E-state index is -0.333. The topological polar surface area (TPSA) is 43.8 Å². The Bertz CT molecular complexity index is 582. The molecule has 1 aromatic heterocycles. The zero-order valence-corrected chi connectivity index (χ0v) is 10.8. The molecule has 4 heteroatoms. The number of nitrogens with two attached hydrogens (primary N) is 1. The highest BCUT2D eigenvalue weighted by Gasteiger charge is 2.42. The van der Waals surface area contributed by atoms with Gasteiger partial charge in [-0.15, -0.1) is 0 Å². The summed E-state index contributed by atoms with van der Waals surface area (Å²) in [6.45, 7) is 2.08. The summed E-state index contributed by atoms with van der Waals surface area (Å²) < 4.78 is 2.09. The average molecular weight is 250 g/mol. The molecule has 3 nitrogen and oxygen atoms in total. The van der Waals surface area contributed by atoms with Crippen molar-refractivity contribution in [3.63, 3.8) is 0 Å². The van der Waals surface area contributed by atoms with E-state index in [0.29, 0.717) is 10.9 Å². The van der Waals surface area contributed by atoms with Crippen LogP contribution in [-0.2, 0) is 12.6 Å². The Morgan fingerprint density at radius 1 is 1.47 bits per heavy atom. The standard InChI is InChI=1S/C13H16ClN3/c1-13(15,8-3-4-8)12-16-10-7-9(14)5-6-11(10)17(12)2/h5-8H,3-4,15H2,1-2H3. The second kappa shape index (κ2) is 3.47. The number of halogens is 1. The van der Waals surface area contributed by atoms with Gasteiger partial charge in [0.15, 0.2) is 0 Å². The van der Waals surface area contributed by atoms with Crippen molar-refractivity contribution < 1.29 is 0 Å². The van der Waals surface area contributed by atoms with Gasteiger partial charge < -0.3 is 10.3 Å². The van der Waals surface area contributed by atoms with Gasteiger partial charge in [-0.1, -0.05) is 11.6 Å². The molecule has 1 atom stereocenters. The zero-order chi connectivity index (χ0) is 12.2. The number of rotatable bonds is 2. The summed E-state index contributed by atoms with van der Waals surface area (Å²) in [4.78, 5) is 4.66. The molecular formula is C13H16ClN3. The Kier molecular flexibility index (Phi) is 2.25. The SMILES string of the molecule is Cn1c(C(C)(N)C2CC2)nc2cc(Cl)ccc21. The summed E-state index contributed by atoms with van der Waals surface area (Å²) >= 11 is 5.99. The van der Waals surface area contributed by atoms with Crippen molar-refractivity contribution in [1.82, 2.24) is 9.55 Å². The first kappa shape index (κ1) is 11.1. The third-order valence-corrected chi connectivity index (χ3v) is 3.99. The second-order valence-corrected chi connectivity index (χ2v) is 5.62. The van der Waals surface area contributed by atoms with Crippen molar-refractivity contribution in [2.45, 2.75) is 25.3 Å². The van der Waals surface area contributed by atoms with E-state index in [-0.39, 0.29) is 5.54 Å². The van der Waals surface area contributed by atoms with E-state index in [4.69, 9.17) is 17.3 Å². The van der Waals surface area contributed by atoms with Gasteiger partial charge in [0.1, 0.15) is 5.82 Å². The van der Waals surface area contributed by atoms with Crippen LogP contribution >= 0.6 is 11.6 Å². The number of hydrogen-bond donors (Lipinski definition) is 1. The minimum absolute atomic E-state index is 0.333. The lowest BCUT2D eigenvalue weighted by Gasteiger charge is -2.23. The predicted molar refractivity (Wildman–Crippen MR) is 70.0 cm³/mol. The van der Waals surface area contributed by atoms with Gasteiger partial charge in [-0.25, -0.2) is 4.98 Å². The third kappa shape index (κ3) is 1.65. The normalized spacial score (nSPS) is 19.5. The molecule has 0 amide bonds. The molecule has 0 saturated heterocycles. The maximum Gasteiger partial charge on any atom is 0.129 e. The summed E-state index contributed by atoms with van der Waals surface area (Å²) in [5.41, 5.74) is 8.11. The minimum Gasteiger partial charge on any atom is -0.330 e. The zero-order valence-electron chi connectivity index (χ0n) is 10.1. The Hall–Kier alpha value is -1.06. The van der Waals surface area contributed by atoms with E-state index < -0.39 is 0 Å². The van der Waals surface area contributed by atoms with Crippen molar-refractivity contribution >= 4 is 22.6 Å². The predicted octanol–water partition coefficient (Wildman–Crippen LogP) is 2.81. The first-order chi connectivity index (χ1) is 8.00. The fraction of sp³-hybridized carbons (Fsp3) is 0.462. The number of fused-ring (bicyclic) bond motifs is 1. The maximum atomic E-state index is 6.43. The lowest BCUT2D eigenvalue weighted by molar-refractivity contribution is 0.391. The molecule has 1 unspecified atom stereocenters. The van der Waals surface area contributed by atoms with Gasteiger partial charge in [-0.2, -0.15) is 0 Å². The van der Waals surface area contributed by atoms with Gasteiger partial charge in [0.25, 0.3) is 0 Å². The van der Waals surface area contributed by atoms with Gasteiger partial charge >= 0.3 is 0 Å². The molecule has 1 fully saturated rings. The Morgan fingerprint density at radius 3 is 2.82 bits per heavy atom. The van der Waals surface area contributed by atoms with Gasteiger partial charge in [-0.05, 0) is 43.9 Å². The Labute approximate surface area is 106 Å². The van der Waals surface area contributed by atoms with E-state index in [2.05, 4.69) is 16.5 Å². The summed E-state index contributed by atoms with van der Waals surface area (Å²) in [5, 5.41) is 0.715. The van der Waals surface area contributed by atoms with Crippen LogP contribution in [0.15, 0.2) is 18.2 Å². The van der Waals surface area contributed by atoms with Crippen LogP contribution < -0.4 is 5.73 Å². The van der Waals surface area contributed by atoms with E-state index in [0.717, 1.165) is 16.9 Å². The first-order valence-electron chi connectivity index (χ1n) is 5.91. The van der Waals surface area contributed by atoms with Crippen molar-refractivity contribution in [1.29, 1.82) is 0 Å². The fourth-order valence-corrected chi connectivity index (χ4v) is 2.69. The van der Waals surface area contributed by atoms with Crippen LogP contribution in [-0.4, -0.2) is 9.55 Å². The number of imidazole rings is 1. The van der Waals surface area contributed by atoms with Gasteiger partial charge in [0, 0.05) is 12.1 Å². The maximum absolute atomic E-state index is 6.43. The van der Waals surface area contributed by atoms with Crippen LogP contribution in [0.1, 0.15) is 25.6 Å². The third-order valence-electron chi connectivity index (χ3n) is 3.75. The molecule has 2 aromatic rings. The van der Waals surface area contributed by atoms with Crippen LogP contribution in [0.2, 0.25) is 5.02 Å². The first-order valence-corrected chi connectivity index (χ1v) is 6.29. The van der Waals surface area contributed by atoms with E-state index in [1.807, 2.05) is 25.2 Å². The van der Waals surface area contributed by atoms with E-state index in [1.165, 1.54) is 12.8 Å². The summed E-state index contributed by atoms with van der Waals surface area (Å²) in [5.74, 6) is 1.52. The number of hydrogen-bond acceptors (Lipinski definition) is 2. The molecule has 90 valence electrons. The number of nitrogens with zero attached hydrogens (tertiary/aromatic N) is 2. The summed E-state index contributed by atoms with van der Waals surface area (Å²) in [6, 6.07) is 5.78. The summed E-state index contributed by atoms with van der Waals surface area (Å²) in [7, 11) is 2.02. The molecule has 3 rings (SSSR count). The van der Waals surface area contributed by atoms with Crippen molar-refractivity contribution in [2.75, 3.05) is 0 Å². The van der Waals surface area contributed by atoms with Crippen LogP contribution in [0.3, 0.4) is 0 Å². The Balaban J connectivity index is 2.20. The Morgan fingerprint density at radius 2 is 2.18 bits per heavy atom. The molecule has 1 aliphatic rings. The summed E-state index contributed by atoms with van der Waals surface area (Å²) in [6.07, 6.45) is 2.41. The van der Waals surface area contributed by atoms with Gasteiger partial charge in [0.05, 0.1) is 16.6 Å². The molecule has 1 heterocycles. The van der Waals surface area contributed by atoms with E-state index in [1.54, 1.807) is 0 Å². The van der Waals surface area contributed by atoms with Crippen LogP contribution in [0, 0.1) is 5.92 Å². The molecule has 1 aromatic carbocycles. The molecule has 0 bridgehead atoms. The van der Waals surface area contributed by atoms with Crippen LogP contribution in [0.25, 0.3) is 11.0 Å². The highest BCUT2D eigenvalue weighted by atomic mass is 35.5. The lowest BCUT2D eigenvalue weighted by Crippen LogP contribution is -2.38. The van der Waals surface area contributed by atoms with Crippen molar-refractivity contribution in [3.8, 4) is 0 Å². The average Bonchev–Trinajstić information content (AvgIpc) is 3.05. The van der Waals surface area contributed by atoms with E-state index in [9.17, 15) is 0 Å². The molecule has 0 radical (unpaired) electrons. The molecule has 0 spiro atoms. The monoisotopic (exact) mass is 249 g/mol. The van der Waals surface area contributed by atoms with Crippen molar-refractivity contribution in [3.05, 3.63) is 29.0 Å². The van der Waals surface area contributed by atoms with Crippen LogP contribution in [0.4, 0.5) is 0 Å². The highest BCUT2D eigenvalue weighted by molar-refractivity contribution is 6.31. The molecule has 17 heavy (non-hydrogen) atoms. The van der Waals surface area contributed by atoms with Crippen LogP contribution in [0.5, 0.6) is 0 Å². The molecule has 0 aliphatic heterocycles. The second-order valence-electron chi connectivity index (χ2n) is 5.18. The molecule has 1 aliphatic carbocycles. The molecular weight excluding hydrogens is 234 g/mol. The highest BCUT2D eigenvalue weighted by Crippen LogP contribution is 2.43. The number of benzene rings is 1. The molecule has 1 saturated carbocycles. The van der Waals surface area contributed by atoms with Crippen molar-refractivity contribution in [2.24, 2.45) is 18.7 Å². The van der Waals surface area contributed by atoms with Gasteiger partial charge in [0.2, 0.25) is 0 Å². The fourth-order valence-electron chi connectivity index (χ4n) is 2.52. The number of aryl methyl sites for hydroxylation is 1. The smallest absolute Gasteiger partial charge is 0.129 e. The van der Waals surface area contributed by atoms with E-state index >= 15 is 0 Å². The number of aromatic nitrogens is 2. The molecule has 2 N–H and O–H groups in total. The lowest BCUT2D eigenvalue weighted by atomic mass is 9.96. The van der Waals surface area contributed by atoms with Gasteiger partial charge in [-0.3, -0.25) is 0 Å².